The van der Waals surface area contributed by atoms with Gasteiger partial charge in [-0.2, -0.15) is 5.10 Å². The molecule has 2 rings (SSSR count). The summed E-state index contributed by atoms with van der Waals surface area (Å²) in [4.78, 5) is 2.57. The maximum atomic E-state index is 4.62. The third kappa shape index (κ3) is 4.54. The lowest BCUT2D eigenvalue weighted by molar-refractivity contribution is 0.212. The van der Waals surface area contributed by atoms with E-state index in [1.54, 1.807) is 0 Å². The van der Waals surface area contributed by atoms with Gasteiger partial charge in [-0.05, 0) is 54.7 Å². The summed E-state index contributed by atoms with van der Waals surface area (Å²) >= 11 is 3.74. The normalized spacial score (nSPS) is 19.4. The van der Waals surface area contributed by atoms with Gasteiger partial charge in [-0.15, -0.1) is 0 Å². The van der Waals surface area contributed by atoms with Crippen molar-refractivity contribution in [2.24, 2.45) is 7.05 Å². The van der Waals surface area contributed by atoms with E-state index in [-0.39, 0.29) is 0 Å². The molecule has 1 atom stereocenters. The second-order valence-electron chi connectivity index (χ2n) is 6.07. The summed E-state index contributed by atoms with van der Waals surface area (Å²) in [6.45, 7) is 8.88. The number of hydrogen-bond acceptors (Lipinski definition) is 3. The van der Waals surface area contributed by atoms with Gasteiger partial charge >= 0.3 is 0 Å². The number of aromatic nitrogens is 2. The van der Waals surface area contributed by atoms with Crippen LogP contribution in [0, 0.1) is 0 Å². The van der Waals surface area contributed by atoms with Gasteiger partial charge in [-0.25, -0.2) is 0 Å². The van der Waals surface area contributed by atoms with Crippen LogP contribution in [0.15, 0.2) is 4.47 Å². The molecule has 5 heteroatoms. The molecule has 0 bridgehead atoms. The van der Waals surface area contributed by atoms with E-state index in [9.17, 15) is 0 Å². The number of rotatable bonds is 7. The number of hydrogen-bond donors (Lipinski definition) is 1. The minimum Gasteiger partial charge on any atom is -0.313 e. The van der Waals surface area contributed by atoms with Gasteiger partial charge in [0.15, 0.2) is 0 Å². The summed E-state index contributed by atoms with van der Waals surface area (Å²) in [7, 11) is 2.06. The van der Waals surface area contributed by atoms with Crippen LogP contribution in [0.2, 0.25) is 0 Å². The molecule has 1 aliphatic heterocycles. The first-order chi connectivity index (χ1) is 10.2. The van der Waals surface area contributed by atoms with E-state index >= 15 is 0 Å². The quantitative estimate of drug-likeness (QED) is 0.814. The SMILES string of the molecule is CCCN(Cc1c(Br)c(CC)nn1C)CC1CCCCN1. The van der Waals surface area contributed by atoms with Crippen molar-refractivity contribution in [2.75, 3.05) is 19.6 Å². The van der Waals surface area contributed by atoms with Crippen LogP contribution < -0.4 is 5.32 Å². The molecule has 1 N–H and O–H groups in total. The first-order valence-corrected chi connectivity index (χ1v) is 9.11. The molecule has 1 aromatic rings. The molecule has 1 saturated heterocycles. The van der Waals surface area contributed by atoms with Crippen molar-refractivity contribution in [1.29, 1.82) is 0 Å². The van der Waals surface area contributed by atoms with Crippen molar-refractivity contribution in [3.05, 3.63) is 15.9 Å². The van der Waals surface area contributed by atoms with Crippen LogP contribution in [0.25, 0.3) is 0 Å². The highest BCUT2D eigenvalue weighted by molar-refractivity contribution is 9.10. The van der Waals surface area contributed by atoms with Gasteiger partial charge in [0.1, 0.15) is 0 Å². The Bertz CT molecular complexity index is 438. The predicted molar refractivity (Wildman–Crippen MR) is 91.5 cm³/mol. The molecular weight excluding hydrogens is 328 g/mol. The molecule has 1 fully saturated rings. The van der Waals surface area contributed by atoms with Gasteiger partial charge in [0.05, 0.1) is 15.9 Å². The van der Waals surface area contributed by atoms with Gasteiger partial charge in [0.25, 0.3) is 0 Å². The Morgan fingerprint density at radius 1 is 1.38 bits per heavy atom. The van der Waals surface area contributed by atoms with Crippen molar-refractivity contribution in [1.82, 2.24) is 20.0 Å². The Labute approximate surface area is 137 Å². The highest BCUT2D eigenvalue weighted by Crippen LogP contribution is 2.23. The fourth-order valence-electron chi connectivity index (χ4n) is 3.15. The molecule has 1 aromatic heterocycles. The zero-order valence-electron chi connectivity index (χ0n) is 13.7. The monoisotopic (exact) mass is 356 g/mol. The summed E-state index contributed by atoms with van der Waals surface area (Å²) in [6.07, 6.45) is 6.19. The molecule has 4 nitrogen and oxygen atoms in total. The molecule has 2 heterocycles. The fraction of sp³-hybridized carbons (Fsp3) is 0.812. The first-order valence-electron chi connectivity index (χ1n) is 8.31. The van der Waals surface area contributed by atoms with Crippen molar-refractivity contribution in [3.63, 3.8) is 0 Å². The van der Waals surface area contributed by atoms with E-state index in [2.05, 4.69) is 52.1 Å². The van der Waals surface area contributed by atoms with Gasteiger partial charge in [0.2, 0.25) is 0 Å². The van der Waals surface area contributed by atoms with Crippen molar-refractivity contribution in [2.45, 2.75) is 58.5 Å². The average Bonchev–Trinajstić information content (AvgIpc) is 2.76. The largest absolute Gasteiger partial charge is 0.313 e. The lowest BCUT2D eigenvalue weighted by Gasteiger charge is -2.30. The molecule has 120 valence electrons. The maximum absolute atomic E-state index is 4.62. The number of aryl methyl sites for hydroxylation is 2. The molecule has 1 unspecified atom stereocenters. The fourth-order valence-corrected chi connectivity index (χ4v) is 3.89. The summed E-state index contributed by atoms with van der Waals surface area (Å²) in [5, 5.41) is 8.28. The second-order valence-corrected chi connectivity index (χ2v) is 6.86. The van der Waals surface area contributed by atoms with Gasteiger partial charge in [-0.3, -0.25) is 9.58 Å². The standard InChI is InChI=1S/C16H29BrN4/c1-4-10-21(11-13-8-6-7-9-18-13)12-15-16(17)14(5-2)19-20(15)3/h13,18H,4-12H2,1-3H3. The van der Waals surface area contributed by atoms with Gasteiger partial charge < -0.3 is 5.32 Å². The lowest BCUT2D eigenvalue weighted by Crippen LogP contribution is -2.43. The smallest absolute Gasteiger partial charge is 0.0767 e. The van der Waals surface area contributed by atoms with E-state index in [1.807, 2.05) is 4.68 Å². The molecule has 21 heavy (non-hydrogen) atoms. The van der Waals surface area contributed by atoms with E-state index in [1.165, 1.54) is 48.1 Å². The van der Waals surface area contributed by atoms with E-state index in [0.29, 0.717) is 6.04 Å². The first kappa shape index (κ1) is 17.0. The third-order valence-corrected chi connectivity index (χ3v) is 5.22. The summed E-state index contributed by atoms with van der Waals surface area (Å²) in [5.41, 5.74) is 2.47. The minimum atomic E-state index is 0.656. The number of nitrogens with zero attached hydrogens (tertiary/aromatic N) is 3. The van der Waals surface area contributed by atoms with Crippen LogP contribution in [0.5, 0.6) is 0 Å². The number of halogens is 1. The van der Waals surface area contributed by atoms with Crippen LogP contribution in [-0.2, 0) is 20.0 Å². The molecule has 0 radical (unpaired) electrons. The Morgan fingerprint density at radius 3 is 2.76 bits per heavy atom. The maximum Gasteiger partial charge on any atom is 0.0767 e. The highest BCUT2D eigenvalue weighted by Gasteiger charge is 2.19. The van der Waals surface area contributed by atoms with Crippen LogP contribution in [0.1, 0.15) is 50.9 Å². The van der Waals surface area contributed by atoms with Gasteiger partial charge in [-0.1, -0.05) is 20.3 Å². The minimum absolute atomic E-state index is 0.656. The molecule has 0 aromatic carbocycles. The highest BCUT2D eigenvalue weighted by atomic mass is 79.9. The zero-order valence-corrected chi connectivity index (χ0v) is 15.2. The second kappa shape index (κ2) is 8.30. The lowest BCUT2D eigenvalue weighted by atomic mass is 10.0. The molecular formula is C16H29BrN4. The van der Waals surface area contributed by atoms with E-state index in [0.717, 1.165) is 26.1 Å². The van der Waals surface area contributed by atoms with Gasteiger partial charge in [0, 0.05) is 26.2 Å². The average molecular weight is 357 g/mol. The topological polar surface area (TPSA) is 33.1 Å². The Kier molecular flexibility index (Phi) is 6.71. The van der Waals surface area contributed by atoms with Crippen molar-refractivity contribution in [3.8, 4) is 0 Å². The number of piperidine rings is 1. The Balaban J connectivity index is 2.03. The molecule has 0 spiro atoms. The van der Waals surface area contributed by atoms with Crippen LogP contribution in [-0.4, -0.2) is 40.4 Å². The van der Waals surface area contributed by atoms with Crippen LogP contribution in [0.3, 0.4) is 0 Å². The Hall–Kier alpha value is -0.390. The van der Waals surface area contributed by atoms with Crippen LogP contribution in [0.4, 0.5) is 0 Å². The summed E-state index contributed by atoms with van der Waals surface area (Å²) in [5.74, 6) is 0. The molecule has 0 saturated carbocycles. The summed E-state index contributed by atoms with van der Waals surface area (Å²) in [6, 6.07) is 0.656. The molecule has 0 amide bonds. The van der Waals surface area contributed by atoms with E-state index in [4.69, 9.17) is 0 Å². The molecule has 1 aliphatic rings. The van der Waals surface area contributed by atoms with E-state index < -0.39 is 0 Å². The summed E-state index contributed by atoms with van der Waals surface area (Å²) < 4.78 is 3.24. The zero-order chi connectivity index (χ0) is 15.2. The predicted octanol–water partition coefficient (Wildman–Crippen LogP) is 3.10. The van der Waals surface area contributed by atoms with Crippen LogP contribution >= 0.6 is 15.9 Å². The molecule has 0 aliphatic carbocycles. The number of nitrogens with one attached hydrogen (secondary N) is 1. The van der Waals surface area contributed by atoms with Crippen molar-refractivity contribution >= 4 is 15.9 Å². The Morgan fingerprint density at radius 2 is 2.19 bits per heavy atom. The van der Waals surface area contributed by atoms with Crippen molar-refractivity contribution < 1.29 is 0 Å². The third-order valence-electron chi connectivity index (χ3n) is 4.31.